The first-order valence-corrected chi connectivity index (χ1v) is 8.07. The van der Waals surface area contributed by atoms with Crippen LogP contribution < -0.4 is 14.8 Å². The van der Waals surface area contributed by atoms with Crippen molar-refractivity contribution >= 4 is 27.8 Å². The molecule has 0 fully saturated rings. The molecule has 1 aliphatic rings. The number of halogens is 1. The molecule has 0 radical (unpaired) electrons. The van der Waals surface area contributed by atoms with Crippen LogP contribution in [-0.2, 0) is 6.54 Å². The topological polar surface area (TPSA) is 56.3 Å². The van der Waals surface area contributed by atoms with Crippen molar-refractivity contribution in [2.75, 3.05) is 12.4 Å². The molecule has 5 nitrogen and oxygen atoms in total. The monoisotopic (exact) mass is 375 g/mol. The van der Waals surface area contributed by atoms with Crippen LogP contribution in [0.5, 0.6) is 11.6 Å². The average molecular weight is 376 g/mol. The molecule has 0 atom stereocenters. The second-order valence-electron chi connectivity index (χ2n) is 5.75. The van der Waals surface area contributed by atoms with Crippen LogP contribution in [0.4, 0.5) is 5.82 Å². The van der Waals surface area contributed by atoms with Crippen LogP contribution >= 0.6 is 15.9 Å². The minimum absolute atomic E-state index is 0.422. The molecule has 3 rings (SSSR count). The van der Waals surface area contributed by atoms with Crippen LogP contribution in [0.2, 0.25) is 0 Å². The molecule has 2 aromatic rings. The van der Waals surface area contributed by atoms with E-state index in [4.69, 9.17) is 9.47 Å². The molecule has 0 bridgehead atoms. The predicted molar refractivity (Wildman–Crippen MR) is 94.0 cm³/mol. The normalized spacial score (nSPS) is 15.2. The molecule has 1 N–H and O–H groups in total. The fourth-order valence-electron chi connectivity index (χ4n) is 2.25. The molecular formula is C17H18BrN3O2. The molecule has 23 heavy (non-hydrogen) atoms. The van der Waals surface area contributed by atoms with Gasteiger partial charge in [-0.05, 0) is 37.6 Å². The maximum atomic E-state index is 5.93. The molecule has 0 unspecified atom stereocenters. The first-order valence-electron chi connectivity index (χ1n) is 7.28. The number of anilines is 1. The smallest absolute Gasteiger partial charge is 0.226 e. The minimum atomic E-state index is -0.422. The van der Waals surface area contributed by atoms with Crippen LogP contribution in [0.25, 0.3) is 6.08 Å². The molecule has 1 aromatic heterocycles. The summed E-state index contributed by atoms with van der Waals surface area (Å²) in [7, 11) is 1.66. The number of rotatable bonds is 4. The Morgan fingerprint density at radius 1 is 1.22 bits per heavy atom. The van der Waals surface area contributed by atoms with Gasteiger partial charge in [-0.2, -0.15) is 0 Å². The van der Waals surface area contributed by atoms with Gasteiger partial charge in [-0.3, -0.25) is 0 Å². The summed E-state index contributed by atoms with van der Waals surface area (Å²) >= 11 is 3.56. The molecule has 0 saturated heterocycles. The summed E-state index contributed by atoms with van der Waals surface area (Å²) in [4.78, 5) is 8.56. The van der Waals surface area contributed by atoms with Gasteiger partial charge in [-0.15, -0.1) is 0 Å². The van der Waals surface area contributed by atoms with E-state index in [0.717, 1.165) is 27.2 Å². The highest BCUT2D eigenvalue weighted by molar-refractivity contribution is 9.11. The van der Waals surface area contributed by atoms with Crippen molar-refractivity contribution < 1.29 is 9.47 Å². The Labute approximate surface area is 143 Å². The maximum absolute atomic E-state index is 5.93. The number of nitrogens with zero attached hydrogens (tertiary/aromatic N) is 2. The number of aromatic nitrogens is 2. The van der Waals surface area contributed by atoms with Crippen molar-refractivity contribution in [3.05, 3.63) is 46.2 Å². The Morgan fingerprint density at radius 3 is 2.65 bits per heavy atom. The van der Waals surface area contributed by atoms with Gasteiger partial charge < -0.3 is 14.8 Å². The minimum Gasteiger partial charge on any atom is -0.497 e. The van der Waals surface area contributed by atoms with E-state index < -0.39 is 5.60 Å². The quantitative estimate of drug-likeness (QED) is 0.874. The van der Waals surface area contributed by atoms with Crippen LogP contribution in [0.3, 0.4) is 0 Å². The van der Waals surface area contributed by atoms with E-state index in [-0.39, 0.29) is 0 Å². The summed E-state index contributed by atoms with van der Waals surface area (Å²) in [6.45, 7) is 4.63. The lowest BCUT2D eigenvalue weighted by Gasteiger charge is -2.30. The van der Waals surface area contributed by atoms with Gasteiger partial charge in [0.2, 0.25) is 5.88 Å². The summed E-state index contributed by atoms with van der Waals surface area (Å²) in [6, 6.07) is 7.92. The van der Waals surface area contributed by atoms with Crippen LogP contribution in [0, 0.1) is 0 Å². The van der Waals surface area contributed by atoms with Gasteiger partial charge >= 0.3 is 0 Å². The summed E-state index contributed by atoms with van der Waals surface area (Å²) in [6.07, 6.45) is 3.52. The Hall–Kier alpha value is -2.08. The lowest BCUT2D eigenvalue weighted by Crippen LogP contribution is -2.31. The van der Waals surface area contributed by atoms with E-state index in [2.05, 4.69) is 31.2 Å². The van der Waals surface area contributed by atoms with Crippen molar-refractivity contribution in [1.82, 2.24) is 9.97 Å². The molecular weight excluding hydrogens is 358 g/mol. The first-order chi connectivity index (χ1) is 11.0. The highest BCUT2D eigenvalue weighted by atomic mass is 79.9. The fourth-order valence-corrected chi connectivity index (χ4v) is 2.56. The highest BCUT2D eigenvalue weighted by Gasteiger charge is 2.31. The predicted octanol–water partition coefficient (Wildman–Crippen LogP) is 4.00. The third-order valence-electron chi connectivity index (χ3n) is 3.66. The van der Waals surface area contributed by atoms with E-state index in [9.17, 15) is 0 Å². The maximum Gasteiger partial charge on any atom is 0.226 e. The van der Waals surface area contributed by atoms with E-state index in [0.29, 0.717) is 12.4 Å². The third-order valence-corrected chi connectivity index (χ3v) is 4.85. The SMILES string of the molecule is COc1ccc(CNc2ncnc3c2C=C(Br)C(C)(C)O3)cc1. The zero-order chi connectivity index (χ0) is 16.4. The molecule has 6 heteroatoms. The molecule has 1 aromatic carbocycles. The van der Waals surface area contributed by atoms with Crippen molar-refractivity contribution in [2.24, 2.45) is 0 Å². The highest BCUT2D eigenvalue weighted by Crippen LogP contribution is 2.39. The number of fused-ring (bicyclic) bond motifs is 1. The number of benzene rings is 1. The van der Waals surface area contributed by atoms with Gasteiger partial charge in [-0.1, -0.05) is 28.1 Å². The molecule has 2 heterocycles. The van der Waals surface area contributed by atoms with Gasteiger partial charge in [-0.25, -0.2) is 9.97 Å². The van der Waals surface area contributed by atoms with Gasteiger partial charge in [0, 0.05) is 11.0 Å². The van der Waals surface area contributed by atoms with Crippen LogP contribution in [0.15, 0.2) is 35.1 Å². The van der Waals surface area contributed by atoms with Crippen molar-refractivity contribution in [2.45, 2.75) is 26.0 Å². The third kappa shape index (κ3) is 3.32. The molecule has 0 aliphatic carbocycles. The molecule has 0 spiro atoms. The Morgan fingerprint density at radius 2 is 1.96 bits per heavy atom. The van der Waals surface area contributed by atoms with Crippen molar-refractivity contribution in [3.8, 4) is 11.6 Å². The van der Waals surface area contributed by atoms with E-state index in [1.807, 2.05) is 44.2 Å². The van der Waals surface area contributed by atoms with Gasteiger partial charge in [0.15, 0.2) is 0 Å². The van der Waals surface area contributed by atoms with E-state index in [1.54, 1.807) is 7.11 Å². The molecule has 1 aliphatic heterocycles. The van der Waals surface area contributed by atoms with Crippen molar-refractivity contribution in [3.63, 3.8) is 0 Å². The zero-order valence-corrected chi connectivity index (χ0v) is 14.8. The number of ether oxygens (including phenoxy) is 2. The largest absolute Gasteiger partial charge is 0.497 e. The number of hydrogen-bond acceptors (Lipinski definition) is 5. The Bertz CT molecular complexity index is 742. The van der Waals surface area contributed by atoms with Crippen LogP contribution in [0.1, 0.15) is 25.0 Å². The molecule has 120 valence electrons. The molecule has 0 saturated carbocycles. The van der Waals surface area contributed by atoms with Gasteiger partial charge in [0.05, 0.1) is 12.7 Å². The van der Waals surface area contributed by atoms with E-state index in [1.165, 1.54) is 6.33 Å². The second-order valence-corrected chi connectivity index (χ2v) is 6.60. The lowest BCUT2D eigenvalue weighted by molar-refractivity contribution is 0.148. The van der Waals surface area contributed by atoms with E-state index >= 15 is 0 Å². The van der Waals surface area contributed by atoms with Crippen LogP contribution in [-0.4, -0.2) is 22.7 Å². The van der Waals surface area contributed by atoms with Crippen molar-refractivity contribution in [1.29, 1.82) is 0 Å². The number of hydrogen-bond donors (Lipinski definition) is 1. The number of nitrogens with one attached hydrogen (secondary N) is 1. The Kier molecular flexibility index (Phi) is 4.26. The van der Waals surface area contributed by atoms with Gasteiger partial charge in [0.1, 0.15) is 23.5 Å². The summed E-state index contributed by atoms with van der Waals surface area (Å²) in [5.41, 5.74) is 1.57. The summed E-state index contributed by atoms with van der Waals surface area (Å²) in [5.74, 6) is 2.18. The zero-order valence-electron chi connectivity index (χ0n) is 13.3. The lowest BCUT2D eigenvalue weighted by atomic mass is 10.0. The first kappa shape index (κ1) is 15.8. The standard InChI is InChI=1S/C17H18BrN3O2/c1-17(2)14(18)8-13-15(20-10-21-16(13)23-17)19-9-11-4-6-12(22-3)7-5-11/h4-8,10H,9H2,1-3H3,(H,19,20,21). The fraction of sp³-hybridized carbons (Fsp3) is 0.294. The second kappa shape index (κ2) is 6.20. The number of methoxy groups -OCH3 is 1. The summed E-state index contributed by atoms with van der Waals surface area (Å²) < 4.78 is 12.1. The molecule has 0 amide bonds. The van der Waals surface area contributed by atoms with Gasteiger partial charge in [0.25, 0.3) is 0 Å². The Balaban J connectivity index is 1.80. The summed E-state index contributed by atoms with van der Waals surface area (Å²) in [5, 5.41) is 3.34. The average Bonchev–Trinajstić information content (AvgIpc) is 2.54.